The first-order chi connectivity index (χ1) is 8.99. The Morgan fingerprint density at radius 3 is 2.42 bits per heavy atom. The number of aryl methyl sites for hydroxylation is 2. The van der Waals surface area contributed by atoms with E-state index in [1.165, 1.54) is 11.1 Å². The Morgan fingerprint density at radius 2 is 1.89 bits per heavy atom. The van der Waals surface area contributed by atoms with E-state index in [0.717, 1.165) is 31.5 Å². The summed E-state index contributed by atoms with van der Waals surface area (Å²) < 4.78 is 0. The molecule has 0 saturated carbocycles. The smallest absolute Gasteiger partial charge is 0.253 e. The lowest BCUT2D eigenvalue weighted by atomic mass is 9.94. The number of carbonyl (C=O) groups is 1. The van der Waals surface area contributed by atoms with Crippen LogP contribution in [-0.2, 0) is 0 Å². The quantitative estimate of drug-likeness (QED) is 0.755. The summed E-state index contributed by atoms with van der Waals surface area (Å²) in [6.45, 7) is 8.10. The molecule has 1 atom stereocenters. The van der Waals surface area contributed by atoms with Gasteiger partial charge in [-0.05, 0) is 55.9 Å². The third-order valence-electron chi connectivity index (χ3n) is 4.23. The first-order valence-corrected chi connectivity index (χ1v) is 7.91. The molecule has 0 N–H and O–H groups in total. The Bertz CT molecular complexity index is 462. The molecule has 0 aliphatic carbocycles. The van der Waals surface area contributed by atoms with Crippen molar-refractivity contribution in [2.75, 3.05) is 13.1 Å². The Balaban J connectivity index is 2.03. The van der Waals surface area contributed by atoms with E-state index in [4.69, 9.17) is 0 Å². The van der Waals surface area contributed by atoms with E-state index in [2.05, 4.69) is 36.7 Å². The van der Waals surface area contributed by atoms with Crippen molar-refractivity contribution in [3.05, 3.63) is 34.9 Å². The first-order valence-electron chi connectivity index (χ1n) is 6.99. The lowest BCUT2D eigenvalue weighted by Gasteiger charge is -2.33. The van der Waals surface area contributed by atoms with Gasteiger partial charge in [-0.3, -0.25) is 4.79 Å². The molecule has 1 saturated heterocycles. The van der Waals surface area contributed by atoms with Crippen molar-refractivity contribution in [1.29, 1.82) is 0 Å². The molecule has 1 heterocycles. The molecule has 1 aliphatic rings. The van der Waals surface area contributed by atoms with Crippen molar-refractivity contribution >= 4 is 21.8 Å². The number of amides is 1. The summed E-state index contributed by atoms with van der Waals surface area (Å²) >= 11 is 3.65. The van der Waals surface area contributed by atoms with Crippen LogP contribution in [0.25, 0.3) is 0 Å². The fraction of sp³-hybridized carbons (Fsp3) is 0.562. The zero-order valence-electron chi connectivity index (χ0n) is 11.9. The Morgan fingerprint density at radius 1 is 1.26 bits per heavy atom. The number of piperidine rings is 1. The van der Waals surface area contributed by atoms with E-state index in [9.17, 15) is 4.79 Å². The maximum absolute atomic E-state index is 12.5. The molecule has 1 aliphatic heterocycles. The average Bonchev–Trinajstić information content (AvgIpc) is 2.41. The molecule has 0 bridgehead atoms. The highest BCUT2D eigenvalue weighted by Crippen LogP contribution is 2.26. The molecule has 3 heteroatoms. The Kier molecular flexibility index (Phi) is 4.67. The molecular formula is C16H22BrNO. The molecule has 19 heavy (non-hydrogen) atoms. The number of halogens is 1. The highest BCUT2D eigenvalue weighted by molar-refractivity contribution is 9.09. The van der Waals surface area contributed by atoms with Gasteiger partial charge >= 0.3 is 0 Å². The van der Waals surface area contributed by atoms with E-state index >= 15 is 0 Å². The fourth-order valence-corrected chi connectivity index (χ4v) is 3.15. The summed E-state index contributed by atoms with van der Waals surface area (Å²) in [5.74, 6) is 0.882. The summed E-state index contributed by atoms with van der Waals surface area (Å²) in [6.07, 6.45) is 2.20. The second-order valence-corrected chi connectivity index (χ2v) is 7.05. The van der Waals surface area contributed by atoms with Crippen LogP contribution in [0.1, 0.15) is 41.3 Å². The van der Waals surface area contributed by atoms with Gasteiger partial charge in [-0.15, -0.1) is 0 Å². The minimum absolute atomic E-state index is 0.184. The number of rotatable bonds is 2. The van der Waals surface area contributed by atoms with Crippen LogP contribution in [0.4, 0.5) is 0 Å². The summed E-state index contributed by atoms with van der Waals surface area (Å²) in [5.41, 5.74) is 3.26. The van der Waals surface area contributed by atoms with E-state index in [1.807, 2.05) is 23.1 Å². The van der Waals surface area contributed by atoms with Crippen molar-refractivity contribution in [3.8, 4) is 0 Å². The largest absolute Gasteiger partial charge is 0.339 e. The molecule has 1 fully saturated rings. The zero-order chi connectivity index (χ0) is 14.0. The van der Waals surface area contributed by atoms with Crippen molar-refractivity contribution in [2.45, 2.75) is 38.4 Å². The highest BCUT2D eigenvalue weighted by Gasteiger charge is 2.25. The molecule has 0 aromatic heterocycles. The van der Waals surface area contributed by atoms with Crippen LogP contribution in [0.2, 0.25) is 0 Å². The molecule has 104 valence electrons. The molecule has 1 aromatic carbocycles. The normalized spacial score (nSPS) is 18.4. The van der Waals surface area contributed by atoms with Crippen LogP contribution in [0.3, 0.4) is 0 Å². The van der Waals surface area contributed by atoms with Crippen LogP contribution in [0, 0.1) is 19.8 Å². The molecule has 1 aromatic rings. The maximum atomic E-state index is 12.5. The van der Waals surface area contributed by atoms with Crippen molar-refractivity contribution in [2.24, 2.45) is 5.92 Å². The SMILES string of the molecule is Cc1ccc(C(=O)N2CCC(C(C)Br)CC2)cc1C. The van der Waals surface area contributed by atoms with Crippen molar-refractivity contribution in [1.82, 2.24) is 4.90 Å². The summed E-state index contributed by atoms with van der Waals surface area (Å²) in [5, 5.41) is 0. The fourth-order valence-electron chi connectivity index (χ4n) is 2.62. The number of hydrogen-bond acceptors (Lipinski definition) is 1. The van der Waals surface area contributed by atoms with E-state index in [-0.39, 0.29) is 5.91 Å². The summed E-state index contributed by atoms with van der Waals surface area (Å²) in [7, 11) is 0. The lowest BCUT2D eigenvalue weighted by molar-refractivity contribution is 0.0691. The summed E-state index contributed by atoms with van der Waals surface area (Å²) in [4.78, 5) is 15.0. The maximum Gasteiger partial charge on any atom is 0.253 e. The van der Waals surface area contributed by atoms with Crippen molar-refractivity contribution in [3.63, 3.8) is 0 Å². The standard InChI is InChI=1S/C16H22BrNO/c1-11-4-5-15(10-12(11)2)16(19)18-8-6-14(7-9-18)13(3)17/h4-5,10,13-14H,6-9H2,1-3H3. The molecule has 2 rings (SSSR count). The first kappa shape index (κ1) is 14.6. The predicted octanol–water partition coefficient (Wildman–Crippen LogP) is 3.94. The number of alkyl halides is 1. The van der Waals surface area contributed by atoms with Gasteiger partial charge in [0.25, 0.3) is 5.91 Å². The molecule has 1 unspecified atom stereocenters. The van der Waals surface area contributed by atoms with Gasteiger partial charge in [0.1, 0.15) is 0 Å². The number of nitrogens with zero attached hydrogens (tertiary/aromatic N) is 1. The van der Waals surface area contributed by atoms with Crippen LogP contribution in [0.5, 0.6) is 0 Å². The Hall–Kier alpha value is -0.830. The van der Waals surface area contributed by atoms with Crippen molar-refractivity contribution < 1.29 is 4.79 Å². The highest BCUT2D eigenvalue weighted by atomic mass is 79.9. The molecule has 0 radical (unpaired) electrons. The van der Waals surface area contributed by atoms with Gasteiger partial charge in [0.15, 0.2) is 0 Å². The van der Waals surface area contributed by atoms with Gasteiger partial charge in [0.05, 0.1) is 0 Å². The van der Waals surface area contributed by atoms with E-state index in [0.29, 0.717) is 10.7 Å². The number of likely N-dealkylation sites (tertiary alicyclic amines) is 1. The minimum Gasteiger partial charge on any atom is -0.339 e. The third-order valence-corrected chi connectivity index (χ3v) is 4.98. The minimum atomic E-state index is 0.184. The van der Waals surface area contributed by atoms with Gasteiger partial charge < -0.3 is 4.90 Å². The number of benzene rings is 1. The third kappa shape index (κ3) is 3.38. The van der Waals surface area contributed by atoms with E-state index < -0.39 is 0 Å². The molecule has 0 spiro atoms. The Labute approximate surface area is 124 Å². The number of hydrogen-bond donors (Lipinski definition) is 0. The number of carbonyl (C=O) groups excluding carboxylic acids is 1. The second-order valence-electron chi connectivity index (χ2n) is 5.61. The predicted molar refractivity (Wildman–Crippen MR) is 82.9 cm³/mol. The van der Waals surface area contributed by atoms with Crippen LogP contribution < -0.4 is 0 Å². The molecule has 2 nitrogen and oxygen atoms in total. The van der Waals surface area contributed by atoms with Gasteiger partial charge in [-0.1, -0.05) is 28.9 Å². The van der Waals surface area contributed by atoms with Crippen LogP contribution >= 0.6 is 15.9 Å². The molecule has 1 amide bonds. The second kappa shape index (κ2) is 6.08. The van der Waals surface area contributed by atoms with Crippen LogP contribution in [0.15, 0.2) is 18.2 Å². The van der Waals surface area contributed by atoms with Gasteiger partial charge in [0, 0.05) is 23.5 Å². The summed E-state index contributed by atoms with van der Waals surface area (Å²) in [6, 6.07) is 6.00. The van der Waals surface area contributed by atoms with Gasteiger partial charge in [0.2, 0.25) is 0 Å². The van der Waals surface area contributed by atoms with Gasteiger partial charge in [-0.25, -0.2) is 0 Å². The lowest BCUT2D eigenvalue weighted by Crippen LogP contribution is -2.40. The van der Waals surface area contributed by atoms with Crippen LogP contribution in [-0.4, -0.2) is 28.7 Å². The van der Waals surface area contributed by atoms with E-state index in [1.54, 1.807) is 0 Å². The monoisotopic (exact) mass is 323 g/mol. The zero-order valence-corrected chi connectivity index (χ0v) is 13.5. The van der Waals surface area contributed by atoms with Gasteiger partial charge in [-0.2, -0.15) is 0 Å². The molecular weight excluding hydrogens is 302 g/mol. The topological polar surface area (TPSA) is 20.3 Å². The average molecular weight is 324 g/mol.